The molecule has 2 N–H and O–H groups in total. The van der Waals surface area contributed by atoms with Crippen LogP contribution in [0.2, 0.25) is 0 Å². The molecule has 0 saturated carbocycles. The van der Waals surface area contributed by atoms with Gasteiger partial charge in [0.1, 0.15) is 5.75 Å². The van der Waals surface area contributed by atoms with Gasteiger partial charge in [0.15, 0.2) is 0 Å². The van der Waals surface area contributed by atoms with Crippen molar-refractivity contribution >= 4 is 0 Å². The molecule has 1 aromatic carbocycles. The average Bonchev–Trinajstić information content (AvgIpc) is 2.49. The van der Waals surface area contributed by atoms with Crippen LogP contribution in [0.15, 0.2) is 24.3 Å². The third kappa shape index (κ3) is 3.32. The fraction of sp³-hybridized carbons (Fsp3) is 0.625. The van der Waals surface area contributed by atoms with Crippen molar-refractivity contribution in [1.82, 2.24) is 9.80 Å². The number of ether oxygens (including phenoxy) is 1. The van der Waals surface area contributed by atoms with Gasteiger partial charge in [-0.05, 0) is 39.5 Å². The molecule has 0 aliphatic carbocycles. The second kappa shape index (κ2) is 7.07. The van der Waals surface area contributed by atoms with Gasteiger partial charge in [0.05, 0.1) is 13.2 Å². The van der Waals surface area contributed by atoms with Crippen molar-refractivity contribution in [2.75, 3.05) is 40.8 Å². The Hall–Kier alpha value is -1.10. The van der Waals surface area contributed by atoms with Crippen molar-refractivity contribution in [2.24, 2.45) is 5.73 Å². The van der Waals surface area contributed by atoms with E-state index in [-0.39, 0.29) is 6.04 Å². The normalized spacial score (nSPS) is 21.9. The summed E-state index contributed by atoms with van der Waals surface area (Å²) in [4.78, 5) is 4.83. The lowest BCUT2D eigenvalue weighted by Crippen LogP contribution is -2.47. The summed E-state index contributed by atoms with van der Waals surface area (Å²) in [6, 6.07) is 9.09. The van der Waals surface area contributed by atoms with Crippen molar-refractivity contribution in [1.29, 1.82) is 0 Å². The van der Waals surface area contributed by atoms with Gasteiger partial charge in [-0.1, -0.05) is 18.2 Å². The van der Waals surface area contributed by atoms with E-state index in [0.29, 0.717) is 12.6 Å². The molecule has 1 fully saturated rings. The molecule has 2 rings (SSSR count). The molecule has 1 aliphatic rings. The molecule has 0 radical (unpaired) electrons. The second-order valence-corrected chi connectivity index (χ2v) is 5.75. The van der Waals surface area contributed by atoms with Gasteiger partial charge in [-0.25, -0.2) is 0 Å². The van der Waals surface area contributed by atoms with Gasteiger partial charge in [-0.3, -0.25) is 4.90 Å². The van der Waals surface area contributed by atoms with Crippen LogP contribution in [0.5, 0.6) is 5.75 Å². The largest absolute Gasteiger partial charge is 0.496 e. The summed E-state index contributed by atoms with van der Waals surface area (Å²) < 4.78 is 5.50. The smallest absolute Gasteiger partial charge is 0.123 e. The summed E-state index contributed by atoms with van der Waals surface area (Å²) in [5.41, 5.74) is 7.28. The van der Waals surface area contributed by atoms with Gasteiger partial charge in [0.2, 0.25) is 0 Å². The standard InChI is InChI=1S/C16H27N3O/c1-18(2)13-7-6-10-19(12-13)15(11-17)14-8-4-5-9-16(14)20-3/h4-5,8-9,13,15H,6-7,10-12,17H2,1-3H3. The van der Waals surface area contributed by atoms with Crippen molar-refractivity contribution in [3.63, 3.8) is 0 Å². The highest BCUT2D eigenvalue weighted by Crippen LogP contribution is 2.31. The molecule has 0 aromatic heterocycles. The maximum atomic E-state index is 6.07. The van der Waals surface area contributed by atoms with Crippen LogP contribution in [0.4, 0.5) is 0 Å². The van der Waals surface area contributed by atoms with E-state index < -0.39 is 0 Å². The first kappa shape index (κ1) is 15.3. The molecule has 1 heterocycles. The summed E-state index contributed by atoms with van der Waals surface area (Å²) in [6.45, 7) is 2.82. The summed E-state index contributed by atoms with van der Waals surface area (Å²) in [5, 5.41) is 0. The Balaban J connectivity index is 2.19. The Morgan fingerprint density at radius 3 is 2.80 bits per heavy atom. The Kier molecular flexibility index (Phi) is 5.40. The quantitative estimate of drug-likeness (QED) is 0.890. The number of nitrogens with two attached hydrogens (primary N) is 1. The Bertz CT molecular complexity index is 422. The second-order valence-electron chi connectivity index (χ2n) is 5.75. The topological polar surface area (TPSA) is 41.7 Å². The minimum Gasteiger partial charge on any atom is -0.496 e. The van der Waals surface area contributed by atoms with Gasteiger partial charge in [-0.2, -0.15) is 0 Å². The Morgan fingerprint density at radius 1 is 1.40 bits per heavy atom. The number of piperidine rings is 1. The molecule has 1 aliphatic heterocycles. The van der Waals surface area contributed by atoms with Crippen LogP contribution in [-0.2, 0) is 0 Å². The summed E-state index contributed by atoms with van der Waals surface area (Å²) in [7, 11) is 6.05. The average molecular weight is 277 g/mol. The molecule has 112 valence electrons. The van der Waals surface area contributed by atoms with E-state index in [0.717, 1.165) is 18.8 Å². The number of hydrogen-bond acceptors (Lipinski definition) is 4. The van der Waals surface area contributed by atoms with E-state index in [1.807, 2.05) is 12.1 Å². The molecule has 0 amide bonds. The fourth-order valence-electron chi connectivity index (χ4n) is 3.10. The lowest BCUT2D eigenvalue weighted by molar-refractivity contribution is 0.0973. The van der Waals surface area contributed by atoms with Gasteiger partial charge >= 0.3 is 0 Å². The molecule has 1 aromatic rings. The van der Waals surface area contributed by atoms with Crippen molar-refractivity contribution in [3.05, 3.63) is 29.8 Å². The summed E-state index contributed by atoms with van der Waals surface area (Å²) in [6.07, 6.45) is 2.50. The number of rotatable bonds is 5. The first-order valence-electron chi connectivity index (χ1n) is 7.40. The molecular formula is C16H27N3O. The highest BCUT2D eigenvalue weighted by molar-refractivity contribution is 5.36. The maximum absolute atomic E-state index is 6.07. The number of likely N-dealkylation sites (N-methyl/N-ethyl adjacent to an activating group) is 1. The van der Waals surface area contributed by atoms with Crippen LogP contribution < -0.4 is 10.5 Å². The molecule has 4 nitrogen and oxygen atoms in total. The number of nitrogens with zero attached hydrogens (tertiary/aromatic N) is 2. The van der Waals surface area contributed by atoms with Crippen molar-refractivity contribution in [3.8, 4) is 5.75 Å². The lowest BCUT2D eigenvalue weighted by Gasteiger charge is -2.40. The number of benzene rings is 1. The molecule has 4 heteroatoms. The Morgan fingerprint density at radius 2 is 2.15 bits per heavy atom. The number of likely N-dealkylation sites (tertiary alicyclic amines) is 1. The third-order valence-electron chi connectivity index (χ3n) is 4.32. The van der Waals surface area contributed by atoms with Crippen LogP contribution in [0.25, 0.3) is 0 Å². The van der Waals surface area contributed by atoms with Crippen LogP contribution in [0.1, 0.15) is 24.4 Å². The maximum Gasteiger partial charge on any atom is 0.123 e. The zero-order chi connectivity index (χ0) is 14.5. The van der Waals surface area contributed by atoms with Gasteiger partial charge in [0.25, 0.3) is 0 Å². The summed E-state index contributed by atoms with van der Waals surface area (Å²) in [5.74, 6) is 0.940. The summed E-state index contributed by atoms with van der Waals surface area (Å²) >= 11 is 0. The molecule has 0 spiro atoms. The fourth-order valence-corrected chi connectivity index (χ4v) is 3.10. The predicted molar refractivity (Wildman–Crippen MR) is 83.1 cm³/mol. The molecule has 20 heavy (non-hydrogen) atoms. The predicted octanol–water partition coefficient (Wildman–Crippen LogP) is 1.72. The SMILES string of the molecule is COc1ccccc1C(CN)N1CCCC(N(C)C)C1. The van der Waals surface area contributed by atoms with Crippen LogP contribution >= 0.6 is 0 Å². The molecule has 1 saturated heterocycles. The van der Waals surface area contributed by atoms with Crippen molar-refractivity contribution in [2.45, 2.75) is 24.9 Å². The zero-order valence-electron chi connectivity index (χ0n) is 12.9. The van der Waals surface area contributed by atoms with Crippen LogP contribution in [0.3, 0.4) is 0 Å². The zero-order valence-corrected chi connectivity index (χ0v) is 12.9. The van der Waals surface area contributed by atoms with Gasteiger partial charge in [0, 0.05) is 24.7 Å². The number of hydrogen-bond donors (Lipinski definition) is 1. The molecule has 2 atom stereocenters. The van der Waals surface area contributed by atoms with E-state index in [1.54, 1.807) is 7.11 Å². The first-order chi connectivity index (χ1) is 9.67. The first-order valence-corrected chi connectivity index (χ1v) is 7.40. The van der Waals surface area contributed by atoms with Crippen molar-refractivity contribution < 1.29 is 4.74 Å². The highest BCUT2D eigenvalue weighted by Gasteiger charge is 2.28. The minimum absolute atomic E-state index is 0.244. The molecule has 2 unspecified atom stereocenters. The molecular weight excluding hydrogens is 250 g/mol. The van der Waals surface area contributed by atoms with Crippen LogP contribution in [-0.4, -0.2) is 56.7 Å². The van der Waals surface area contributed by atoms with Crippen LogP contribution in [0, 0.1) is 0 Å². The van der Waals surface area contributed by atoms with Gasteiger partial charge < -0.3 is 15.4 Å². The van der Waals surface area contributed by atoms with E-state index in [1.165, 1.54) is 18.4 Å². The highest BCUT2D eigenvalue weighted by atomic mass is 16.5. The van der Waals surface area contributed by atoms with E-state index in [4.69, 9.17) is 10.5 Å². The van der Waals surface area contributed by atoms with E-state index in [2.05, 4.69) is 36.0 Å². The number of para-hydroxylation sites is 1. The third-order valence-corrected chi connectivity index (χ3v) is 4.32. The minimum atomic E-state index is 0.244. The monoisotopic (exact) mass is 277 g/mol. The Labute approximate surface area is 122 Å². The molecule has 0 bridgehead atoms. The van der Waals surface area contributed by atoms with Gasteiger partial charge in [-0.15, -0.1) is 0 Å². The number of methoxy groups -OCH3 is 1. The lowest BCUT2D eigenvalue weighted by atomic mass is 9.98. The van der Waals surface area contributed by atoms with E-state index in [9.17, 15) is 0 Å². The van der Waals surface area contributed by atoms with E-state index >= 15 is 0 Å².